The van der Waals surface area contributed by atoms with Crippen LogP contribution in [-0.4, -0.2) is 38.2 Å². The molecule has 0 radical (unpaired) electrons. The Morgan fingerprint density at radius 2 is 1.94 bits per heavy atom. The third-order valence-corrected chi connectivity index (χ3v) is 1.83. The van der Waals surface area contributed by atoms with Gasteiger partial charge in [-0.15, -0.1) is 0 Å². The molecule has 0 aliphatic heterocycles. The van der Waals surface area contributed by atoms with Crippen molar-refractivity contribution in [3.63, 3.8) is 0 Å². The second kappa shape index (κ2) is 10.4. The molecule has 6 heteroatoms. The molecule has 0 saturated carbocycles. The Balaban J connectivity index is 3.14. The van der Waals surface area contributed by atoms with Gasteiger partial charge in [-0.25, -0.2) is 4.79 Å². The Hall–Kier alpha value is -1.14. The summed E-state index contributed by atoms with van der Waals surface area (Å²) in [5.74, 6) is -0.417. The number of rotatable bonds is 9. The summed E-state index contributed by atoms with van der Waals surface area (Å²) in [6, 6.07) is -0.824. The van der Waals surface area contributed by atoms with E-state index in [1.54, 1.807) is 0 Å². The lowest BCUT2D eigenvalue weighted by atomic mass is 10.3. The van der Waals surface area contributed by atoms with Gasteiger partial charge >= 0.3 is 6.03 Å². The van der Waals surface area contributed by atoms with Crippen molar-refractivity contribution in [1.29, 1.82) is 0 Å². The van der Waals surface area contributed by atoms with Crippen molar-refractivity contribution >= 4 is 11.9 Å². The van der Waals surface area contributed by atoms with Crippen molar-refractivity contribution in [3.8, 4) is 0 Å². The fourth-order valence-electron chi connectivity index (χ4n) is 1.03. The maximum absolute atomic E-state index is 10.9. The van der Waals surface area contributed by atoms with Crippen molar-refractivity contribution in [2.45, 2.75) is 26.2 Å². The first kappa shape index (κ1) is 14.9. The molecule has 0 spiro atoms. The second-order valence-electron chi connectivity index (χ2n) is 3.41. The molecule has 0 bridgehead atoms. The van der Waals surface area contributed by atoms with Gasteiger partial charge in [0, 0.05) is 13.2 Å². The summed E-state index contributed by atoms with van der Waals surface area (Å²) in [4.78, 5) is 21.2. The molecule has 0 rings (SSSR count). The summed E-state index contributed by atoms with van der Waals surface area (Å²) in [7, 11) is 0. The Labute approximate surface area is 95.9 Å². The number of urea groups is 1. The van der Waals surface area contributed by atoms with Crippen LogP contribution >= 0.6 is 0 Å². The van der Waals surface area contributed by atoms with Gasteiger partial charge in [-0.3, -0.25) is 10.1 Å². The summed E-state index contributed by atoms with van der Waals surface area (Å²) in [6.07, 6.45) is 3.05. The highest BCUT2D eigenvalue weighted by Gasteiger charge is 2.01. The summed E-state index contributed by atoms with van der Waals surface area (Å²) >= 11 is 0. The monoisotopic (exact) mass is 231 g/mol. The van der Waals surface area contributed by atoms with E-state index in [0.29, 0.717) is 13.2 Å². The number of hydrogen-bond donors (Lipinski definition) is 3. The first-order valence-electron chi connectivity index (χ1n) is 5.54. The van der Waals surface area contributed by atoms with Crippen molar-refractivity contribution in [2.75, 3.05) is 26.3 Å². The van der Waals surface area contributed by atoms with Gasteiger partial charge in [0.1, 0.15) is 0 Å². The fourth-order valence-corrected chi connectivity index (χ4v) is 1.03. The van der Waals surface area contributed by atoms with Crippen LogP contribution in [0.5, 0.6) is 0 Å². The highest BCUT2D eigenvalue weighted by molar-refractivity contribution is 5.94. The molecule has 0 aromatic rings. The number of primary amides is 1. The van der Waals surface area contributed by atoms with E-state index in [2.05, 4.69) is 12.2 Å². The Kier molecular flexibility index (Phi) is 9.64. The number of amides is 3. The lowest BCUT2D eigenvalue weighted by molar-refractivity contribution is -0.119. The number of nitrogens with two attached hydrogens (primary N) is 1. The number of unbranched alkanes of at least 4 members (excludes halogenated alkanes) is 1. The molecule has 0 atom stereocenters. The van der Waals surface area contributed by atoms with Crippen molar-refractivity contribution < 1.29 is 14.3 Å². The van der Waals surface area contributed by atoms with E-state index in [1.807, 2.05) is 5.32 Å². The maximum Gasteiger partial charge on any atom is 0.318 e. The summed E-state index contributed by atoms with van der Waals surface area (Å²) in [5.41, 5.74) is 4.77. The lowest BCUT2D eigenvalue weighted by Crippen LogP contribution is -2.40. The normalized spacial score (nSPS) is 10.1. The topological polar surface area (TPSA) is 93.4 Å². The van der Waals surface area contributed by atoms with E-state index in [4.69, 9.17) is 10.5 Å². The third-order valence-electron chi connectivity index (χ3n) is 1.83. The van der Waals surface area contributed by atoms with Crippen LogP contribution in [0.2, 0.25) is 0 Å². The van der Waals surface area contributed by atoms with E-state index in [0.717, 1.165) is 25.9 Å². The number of carbonyl (C=O) groups excluding carboxylic acids is 2. The molecule has 3 amide bonds. The van der Waals surface area contributed by atoms with Gasteiger partial charge in [0.2, 0.25) is 5.91 Å². The number of ether oxygens (including phenoxy) is 1. The predicted molar refractivity (Wildman–Crippen MR) is 60.9 cm³/mol. The highest BCUT2D eigenvalue weighted by atomic mass is 16.5. The third kappa shape index (κ3) is 10.9. The summed E-state index contributed by atoms with van der Waals surface area (Å²) in [5, 5.41) is 4.85. The van der Waals surface area contributed by atoms with Crippen LogP contribution in [0.1, 0.15) is 26.2 Å². The van der Waals surface area contributed by atoms with Crippen molar-refractivity contribution in [1.82, 2.24) is 10.6 Å². The standard InChI is InChI=1S/C10H21N3O3/c1-2-3-6-16-7-4-5-12-8-9(14)13-10(11)15/h12H,2-8H2,1H3,(H3,11,13,14,15). The van der Waals surface area contributed by atoms with Gasteiger partial charge in [0.05, 0.1) is 6.54 Å². The number of carbonyl (C=O) groups is 2. The van der Waals surface area contributed by atoms with Crippen LogP contribution in [0.25, 0.3) is 0 Å². The Morgan fingerprint density at radius 3 is 2.56 bits per heavy atom. The van der Waals surface area contributed by atoms with E-state index in [-0.39, 0.29) is 6.54 Å². The first-order chi connectivity index (χ1) is 7.66. The predicted octanol–water partition coefficient (Wildman–Crippen LogP) is -0.0223. The lowest BCUT2D eigenvalue weighted by Gasteiger charge is -2.05. The minimum atomic E-state index is -0.824. The smallest absolute Gasteiger partial charge is 0.318 e. The molecule has 94 valence electrons. The minimum Gasteiger partial charge on any atom is -0.381 e. The highest BCUT2D eigenvalue weighted by Crippen LogP contribution is 1.88. The van der Waals surface area contributed by atoms with Crippen LogP contribution in [0.4, 0.5) is 4.79 Å². The number of hydrogen-bond acceptors (Lipinski definition) is 4. The van der Waals surface area contributed by atoms with Gasteiger partial charge in [-0.1, -0.05) is 13.3 Å². The van der Waals surface area contributed by atoms with E-state index in [9.17, 15) is 9.59 Å². The average Bonchev–Trinajstić information content (AvgIpc) is 2.21. The maximum atomic E-state index is 10.9. The van der Waals surface area contributed by atoms with Gasteiger partial charge in [0.25, 0.3) is 0 Å². The van der Waals surface area contributed by atoms with E-state index < -0.39 is 11.9 Å². The molecule has 0 unspecified atom stereocenters. The Morgan fingerprint density at radius 1 is 1.25 bits per heavy atom. The molecule has 0 heterocycles. The SMILES string of the molecule is CCCCOCCCNCC(=O)NC(N)=O. The summed E-state index contributed by atoms with van der Waals surface area (Å²) in [6.45, 7) is 4.36. The average molecular weight is 231 g/mol. The molecule has 0 saturated heterocycles. The minimum absolute atomic E-state index is 0.0951. The molecule has 6 nitrogen and oxygen atoms in total. The second-order valence-corrected chi connectivity index (χ2v) is 3.41. The van der Waals surface area contributed by atoms with E-state index in [1.165, 1.54) is 0 Å². The van der Waals surface area contributed by atoms with Crippen LogP contribution in [0, 0.1) is 0 Å². The van der Waals surface area contributed by atoms with Crippen LogP contribution < -0.4 is 16.4 Å². The van der Waals surface area contributed by atoms with Crippen LogP contribution in [-0.2, 0) is 9.53 Å². The van der Waals surface area contributed by atoms with Gasteiger partial charge in [-0.05, 0) is 19.4 Å². The van der Waals surface area contributed by atoms with Gasteiger partial charge in [-0.2, -0.15) is 0 Å². The zero-order valence-corrected chi connectivity index (χ0v) is 9.75. The number of imide groups is 1. The molecule has 16 heavy (non-hydrogen) atoms. The van der Waals surface area contributed by atoms with Crippen molar-refractivity contribution in [2.24, 2.45) is 5.73 Å². The van der Waals surface area contributed by atoms with Gasteiger partial charge < -0.3 is 15.8 Å². The number of nitrogens with one attached hydrogen (secondary N) is 2. The van der Waals surface area contributed by atoms with E-state index >= 15 is 0 Å². The molecule has 0 aliphatic rings. The van der Waals surface area contributed by atoms with Crippen molar-refractivity contribution in [3.05, 3.63) is 0 Å². The quantitative estimate of drug-likeness (QED) is 0.486. The van der Waals surface area contributed by atoms with Crippen LogP contribution in [0.3, 0.4) is 0 Å². The Bertz CT molecular complexity index is 209. The molecular formula is C10H21N3O3. The van der Waals surface area contributed by atoms with Gasteiger partial charge in [0.15, 0.2) is 0 Å². The molecule has 0 fully saturated rings. The molecule has 0 aromatic heterocycles. The zero-order chi connectivity index (χ0) is 12.2. The largest absolute Gasteiger partial charge is 0.381 e. The van der Waals surface area contributed by atoms with Crippen LogP contribution in [0.15, 0.2) is 0 Å². The molecular weight excluding hydrogens is 210 g/mol. The molecule has 0 aliphatic carbocycles. The molecule has 4 N–H and O–H groups in total. The first-order valence-corrected chi connectivity index (χ1v) is 5.54. The molecule has 0 aromatic carbocycles. The fraction of sp³-hybridized carbons (Fsp3) is 0.800. The zero-order valence-electron chi connectivity index (χ0n) is 9.75. The summed E-state index contributed by atoms with van der Waals surface area (Å²) < 4.78 is 5.33.